The molecule has 4 rings (SSSR count). The fourth-order valence-electron chi connectivity index (χ4n) is 3.84. The number of nitrogens with zero attached hydrogens (tertiary/aromatic N) is 3. The highest BCUT2D eigenvalue weighted by molar-refractivity contribution is 7.89. The van der Waals surface area contributed by atoms with Gasteiger partial charge in [-0.15, -0.1) is 0 Å². The molecule has 2 aromatic carbocycles. The van der Waals surface area contributed by atoms with E-state index in [2.05, 4.69) is 0 Å². The van der Waals surface area contributed by atoms with Gasteiger partial charge in [0.25, 0.3) is 0 Å². The van der Waals surface area contributed by atoms with Crippen molar-refractivity contribution in [3.63, 3.8) is 0 Å². The average molecular weight is 478 g/mol. The third-order valence-corrected chi connectivity index (χ3v) is 7.70. The first-order valence-corrected chi connectivity index (χ1v) is 12.4. The zero-order chi connectivity index (χ0) is 23.4. The van der Waals surface area contributed by atoms with Crippen LogP contribution in [0.1, 0.15) is 12.0 Å². The summed E-state index contributed by atoms with van der Waals surface area (Å²) in [5.41, 5.74) is 0.846. The summed E-state index contributed by atoms with van der Waals surface area (Å²) in [5.74, 6) is 0.618. The highest BCUT2D eigenvalue weighted by Crippen LogP contribution is 2.33. The summed E-state index contributed by atoms with van der Waals surface area (Å²) in [4.78, 5) is 16.3. The van der Waals surface area contributed by atoms with Crippen molar-refractivity contribution in [1.82, 2.24) is 14.1 Å². The topological polar surface area (TPSA) is 79.4 Å². The number of likely N-dealkylation sites (N-methyl/N-ethyl adjacent to an activating group) is 1. The van der Waals surface area contributed by atoms with Crippen LogP contribution in [0, 0.1) is 5.82 Å². The number of benzene rings is 2. The number of hydrogen-bond acceptors (Lipinski definition) is 6. The second kappa shape index (κ2) is 10.1. The molecule has 10 heteroatoms. The zero-order valence-electron chi connectivity index (χ0n) is 18.6. The van der Waals surface area contributed by atoms with E-state index < -0.39 is 10.0 Å². The first kappa shape index (κ1) is 23.5. The smallest absolute Gasteiger partial charge is 0.243 e. The lowest BCUT2D eigenvalue weighted by Crippen LogP contribution is -2.51. The molecule has 2 heterocycles. The molecule has 1 saturated heterocycles. The average Bonchev–Trinajstić information content (AvgIpc) is 3.06. The minimum Gasteiger partial charge on any atom is -0.490 e. The van der Waals surface area contributed by atoms with Crippen LogP contribution < -0.4 is 9.47 Å². The van der Waals surface area contributed by atoms with Gasteiger partial charge < -0.3 is 14.4 Å². The van der Waals surface area contributed by atoms with Gasteiger partial charge in [-0.2, -0.15) is 4.31 Å². The van der Waals surface area contributed by atoms with Gasteiger partial charge in [0, 0.05) is 52.3 Å². The van der Waals surface area contributed by atoms with E-state index in [1.807, 2.05) is 4.90 Å². The molecule has 0 atom stereocenters. The second-order valence-electron chi connectivity index (χ2n) is 8.22. The molecular formula is C23H28FN3O5S. The van der Waals surface area contributed by atoms with Gasteiger partial charge in [-0.1, -0.05) is 12.1 Å². The Morgan fingerprint density at radius 3 is 2.36 bits per heavy atom. The Morgan fingerprint density at radius 1 is 1.00 bits per heavy atom. The van der Waals surface area contributed by atoms with Crippen molar-refractivity contribution in [1.29, 1.82) is 0 Å². The molecular weight excluding hydrogens is 449 g/mol. The minimum absolute atomic E-state index is 0.0708. The van der Waals surface area contributed by atoms with Crippen LogP contribution in [-0.2, 0) is 21.4 Å². The predicted molar refractivity (Wildman–Crippen MR) is 120 cm³/mol. The van der Waals surface area contributed by atoms with E-state index in [9.17, 15) is 17.6 Å². The van der Waals surface area contributed by atoms with Crippen molar-refractivity contribution in [2.45, 2.75) is 17.9 Å². The molecule has 0 N–H and O–H groups in total. The summed E-state index contributed by atoms with van der Waals surface area (Å²) in [6, 6.07) is 10.8. The molecule has 2 aliphatic rings. The molecule has 1 fully saturated rings. The number of rotatable bonds is 6. The van der Waals surface area contributed by atoms with Crippen molar-refractivity contribution < 1.29 is 27.1 Å². The van der Waals surface area contributed by atoms with E-state index >= 15 is 0 Å². The van der Waals surface area contributed by atoms with E-state index in [1.165, 1.54) is 22.5 Å². The summed E-state index contributed by atoms with van der Waals surface area (Å²) in [6.07, 6.45) is 0.747. The van der Waals surface area contributed by atoms with Crippen LogP contribution >= 0.6 is 0 Å². The lowest BCUT2D eigenvalue weighted by atomic mass is 10.2. The Kier molecular flexibility index (Phi) is 7.16. The van der Waals surface area contributed by atoms with Crippen LogP contribution in [0.4, 0.5) is 4.39 Å². The van der Waals surface area contributed by atoms with Gasteiger partial charge in [0.1, 0.15) is 5.82 Å². The number of hydrogen-bond donors (Lipinski definition) is 0. The quantitative estimate of drug-likeness (QED) is 0.633. The van der Waals surface area contributed by atoms with Crippen LogP contribution in [-0.4, -0.2) is 81.4 Å². The van der Waals surface area contributed by atoms with Gasteiger partial charge in [0.15, 0.2) is 11.5 Å². The van der Waals surface area contributed by atoms with Crippen LogP contribution in [0.25, 0.3) is 0 Å². The number of sulfonamides is 1. The third-order valence-electron chi connectivity index (χ3n) is 5.81. The Balaban J connectivity index is 1.32. The van der Waals surface area contributed by atoms with Crippen molar-refractivity contribution in [2.75, 3.05) is 53.0 Å². The minimum atomic E-state index is -3.67. The highest BCUT2D eigenvalue weighted by Gasteiger charge is 2.30. The molecule has 0 aromatic heterocycles. The molecule has 0 aliphatic carbocycles. The third kappa shape index (κ3) is 5.63. The molecule has 0 radical (unpaired) electrons. The molecule has 33 heavy (non-hydrogen) atoms. The Morgan fingerprint density at radius 2 is 1.67 bits per heavy atom. The molecule has 8 nitrogen and oxygen atoms in total. The Bertz CT molecular complexity index is 1090. The van der Waals surface area contributed by atoms with E-state index in [4.69, 9.17) is 9.47 Å². The molecule has 0 bridgehead atoms. The molecule has 2 aliphatic heterocycles. The number of piperazine rings is 1. The second-order valence-corrected chi connectivity index (χ2v) is 10.2. The van der Waals surface area contributed by atoms with E-state index in [0.717, 1.165) is 12.0 Å². The molecule has 0 spiro atoms. The predicted octanol–water partition coefficient (Wildman–Crippen LogP) is 1.95. The van der Waals surface area contributed by atoms with Crippen molar-refractivity contribution in [3.8, 4) is 11.5 Å². The highest BCUT2D eigenvalue weighted by atomic mass is 32.2. The Hall–Kier alpha value is -2.69. The van der Waals surface area contributed by atoms with Gasteiger partial charge in [-0.25, -0.2) is 12.8 Å². The van der Waals surface area contributed by atoms with E-state index in [-0.39, 0.29) is 23.2 Å². The molecule has 0 saturated carbocycles. The SMILES string of the molecule is CN(Cc1ccc(F)cc1)C(=O)CN1CCN(S(=O)(=O)c2ccc3c(c2)OCCCO3)CC1. The van der Waals surface area contributed by atoms with Crippen molar-refractivity contribution in [3.05, 3.63) is 53.8 Å². The number of carbonyl (C=O) groups is 1. The maximum atomic E-state index is 13.1. The van der Waals surface area contributed by atoms with Crippen LogP contribution in [0.5, 0.6) is 11.5 Å². The summed E-state index contributed by atoms with van der Waals surface area (Å²) >= 11 is 0. The van der Waals surface area contributed by atoms with Crippen LogP contribution in [0.15, 0.2) is 47.4 Å². The molecule has 178 valence electrons. The largest absolute Gasteiger partial charge is 0.490 e. The maximum Gasteiger partial charge on any atom is 0.243 e. The van der Waals surface area contributed by atoms with Gasteiger partial charge in [0.2, 0.25) is 15.9 Å². The zero-order valence-corrected chi connectivity index (χ0v) is 19.4. The Labute approximate surface area is 193 Å². The maximum absolute atomic E-state index is 13.1. The van der Waals surface area contributed by atoms with E-state index in [1.54, 1.807) is 36.2 Å². The van der Waals surface area contributed by atoms with Gasteiger partial charge in [-0.3, -0.25) is 9.69 Å². The summed E-state index contributed by atoms with van der Waals surface area (Å²) < 4.78 is 52.0. The first-order chi connectivity index (χ1) is 15.8. The van der Waals surface area contributed by atoms with Gasteiger partial charge in [-0.05, 0) is 29.8 Å². The molecule has 2 aromatic rings. The van der Waals surface area contributed by atoms with E-state index in [0.29, 0.717) is 57.4 Å². The van der Waals surface area contributed by atoms with Crippen molar-refractivity contribution in [2.24, 2.45) is 0 Å². The molecule has 1 amide bonds. The normalized spacial score (nSPS) is 17.4. The number of halogens is 1. The number of ether oxygens (including phenoxy) is 2. The number of fused-ring (bicyclic) bond motifs is 1. The lowest BCUT2D eigenvalue weighted by Gasteiger charge is -2.34. The monoisotopic (exact) mass is 477 g/mol. The summed E-state index contributed by atoms with van der Waals surface area (Å²) in [7, 11) is -1.97. The van der Waals surface area contributed by atoms with Crippen LogP contribution in [0.3, 0.4) is 0 Å². The molecule has 0 unspecified atom stereocenters. The first-order valence-electron chi connectivity index (χ1n) is 10.9. The summed E-state index contributed by atoms with van der Waals surface area (Å²) in [5, 5.41) is 0. The van der Waals surface area contributed by atoms with Crippen LogP contribution in [0.2, 0.25) is 0 Å². The van der Waals surface area contributed by atoms with Gasteiger partial charge >= 0.3 is 0 Å². The van der Waals surface area contributed by atoms with Gasteiger partial charge in [0.05, 0.1) is 24.7 Å². The standard InChI is InChI=1S/C23H28FN3O5S/c1-25(16-18-3-5-19(24)6-4-18)23(28)17-26-9-11-27(12-10-26)33(29,30)20-7-8-21-22(15-20)32-14-2-13-31-21/h3-8,15H,2,9-14,16-17H2,1H3. The van der Waals surface area contributed by atoms with Crippen molar-refractivity contribution >= 4 is 15.9 Å². The summed E-state index contributed by atoms with van der Waals surface area (Å²) in [6.45, 7) is 3.13. The fourth-order valence-corrected chi connectivity index (χ4v) is 5.28. The number of amides is 1. The number of carbonyl (C=O) groups excluding carboxylic acids is 1. The fraction of sp³-hybridized carbons (Fsp3) is 0.435. The lowest BCUT2D eigenvalue weighted by molar-refractivity contribution is -0.131.